The minimum Gasteiger partial charge on any atom is -0.342 e. The van der Waals surface area contributed by atoms with E-state index in [0.29, 0.717) is 11.7 Å². The van der Waals surface area contributed by atoms with Crippen LogP contribution < -0.4 is 11.1 Å². The lowest BCUT2D eigenvalue weighted by Crippen LogP contribution is -2.41. The number of nitrogens with two attached hydrogens (primary N) is 1. The summed E-state index contributed by atoms with van der Waals surface area (Å²) in [7, 11) is 0. The highest BCUT2D eigenvalue weighted by Gasteiger charge is 2.23. The predicted molar refractivity (Wildman–Crippen MR) is 87.2 cm³/mol. The molecule has 23 heavy (non-hydrogen) atoms. The maximum Gasteiger partial charge on any atom is 0.236 e. The topological polar surface area (TPSA) is 97.0 Å². The smallest absolute Gasteiger partial charge is 0.236 e. The van der Waals surface area contributed by atoms with Crippen molar-refractivity contribution in [1.82, 2.24) is 19.9 Å². The Morgan fingerprint density at radius 3 is 2.78 bits per heavy atom. The van der Waals surface area contributed by atoms with Gasteiger partial charge in [0.2, 0.25) is 5.91 Å². The third-order valence-electron chi connectivity index (χ3n) is 4.03. The molecule has 1 aliphatic heterocycles. The standard InChI is InChI=1S/C16H20N6O/c17-10-16(23)22-8-4-12(5-9-22)13-2-1-3-14(20-13)21-15-11-18-6-7-19-15/h1-3,6-7,11-12H,4-5,8-10,17H2,(H,19,20,21). The number of carbonyl (C=O) groups excluding carboxylic acids is 1. The largest absolute Gasteiger partial charge is 0.342 e. The van der Waals surface area contributed by atoms with E-state index in [1.54, 1.807) is 18.6 Å². The molecule has 0 aliphatic carbocycles. The van der Waals surface area contributed by atoms with Crippen molar-refractivity contribution in [2.24, 2.45) is 5.73 Å². The number of pyridine rings is 1. The number of piperidine rings is 1. The van der Waals surface area contributed by atoms with Crippen LogP contribution in [0.25, 0.3) is 0 Å². The Hall–Kier alpha value is -2.54. The van der Waals surface area contributed by atoms with Gasteiger partial charge in [0.25, 0.3) is 0 Å². The zero-order chi connectivity index (χ0) is 16.1. The van der Waals surface area contributed by atoms with Crippen LogP contribution in [0.3, 0.4) is 0 Å². The van der Waals surface area contributed by atoms with E-state index in [9.17, 15) is 4.79 Å². The number of anilines is 2. The second-order valence-corrected chi connectivity index (χ2v) is 5.52. The molecule has 0 radical (unpaired) electrons. The number of likely N-dealkylation sites (tertiary alicyclic amines) is 1. The van der Waals surface area contributed by atoms with E-state index in [2.05, 4.69) is 20.3 Å². The lowest BCUT2D eigenvalue weighted by atomic mass is 9.93. The molecule has 2 aromatic heterocycles. The monoisotopic (exact) mass is 312 g/mol. The average Bonchev–Trinajstić information content (AvgIpc) is 2.62. The van der Waals surface area contributed by atoms with Crippen molar-refractivity contribution in [1.29, 1.82) is 0 Å². The van der Waals surface area contributed by atoms with Crippen LogP contribution in [0.1, 0.15) is 24.5 Å². The van der Waals surface area contributed by atoms with Gasteiger partial charge < -0.3 is 16.0 Å². The lowest BCUT2D eigenvalue weighted by Gasteiger charge is -2.31. The molecule has 1 saturated heterocycles. The fourth-order valence-electron chi connectivity index (χ4n) is 2.80. The highest BCUT2D eigenvalue weighted by atomic mass is 16.2. The van der Waals surface area contributed by atoms with E-state index in [0.717, 1.165) is 37.4 Å². The van der Waals surface area contributed by atoms with Crippen molar-refractivity contribution in [2.75, 3.05) is 25.0 Å². The first-order valence-corrected chi connectivity index (χ1v) is 7.74. The van der Waals surface area contributed by atoms with Gasteiger partial charge in [0, 0.05) is 37.1 Å². The van der Waals surface area contributed by atoms with Gasteiger partial charge in [0.15, 0.2) is 0 Å². The van der Waals surface area contributed by atoms with Gasteiger partial charge in [0.1, 0.15) is 11.6 Å². The lowest BCUT2D eigenvalue weighted by molar-refractivity contribution is -0.130. The fourth-order valence-corrected chi connectivity index (χ4v) is 2.80. The molecule has 0 atom stereocenters. The molecule has 0 bridgehead atoms. The Balaban J connectivity index is 1.65. The summed E-state index contributed by atoms with van der Waals surface area (Å²) >= 11 is 0. The Kier molecular flexibility index (Phi) is 4.77. The summed E-state index contributed by atoms with van der Waals surface area (Å²) < 4.78 is 0. The summed E-state index contributed by atoms with van der Waals surface area (Å²) in [6.45, 7) is 1.56. The Labute approximate surface area is 135 Å². The molecule has 2 aromatic rings. The molecule has 7 nitrogen and oxygen atoms in total. The molecule has 1 aliphatic rings. The second kappa shape index (κ2) is 7.15. The van der Waals surface area contributed by atoms with Gasteiger partial charge in [0.05, 0.1) is 12.7 Å². The summed E-state index contributed by atoms with van der Waals surface area (Å²) in [4.78, 5) is 26.3. The number of amides is 1. The third-order valence-corrected chi connectivity index (χ3v) is 4.03. The normalized spacial score (nSPS) is 15.4. The van der Waals surface area contributed by atoms with Crippen molar-refractivity contribution in [3.8, 4) is 0 Å². The summed E-state index contributed by atoms with van der Waals surface area (Å²) in [5.74, 6) is 1.80. The predicted octanol–water partition coefficient (Wildman–Crippen LogP) is 1.28. The van der Waals surface area contributed by atoms with Crippen molar-refractivity contribution >= 4 is 17.5 Å². The fraction of sp³-hybridized carbons (Fsp3) is 0.375. The number of nitrogens with zero attached hydrogens (tertiary/aromatic N) is 4. The molecular weight excluding hydrogens is 292 g/mol. The molecule has 1 amide bonds. The van der Waals surface area contributed by atoms with Crippen LogP contribution in [-0.4, -0.2) is 45.4 Å². The first-order valence-electron chi connectivity index (χ1n) is 7.74. The Bertz CT molecular complexity index is 655. The van der Waals surface area contributed by atoms with Gasteiger partial charge in [-0.1, -0.05) is 6.07 Å². The molecule has 3 N–H and O–H groups in total. The zero-order valence-corrected chi connectivity index (χ0v) is 12.9. The zero-order valence-electron chi connectivity index (χ0n) is 12.9. The van der Waals surface area contributed by atoms with Gasteiger partial charge in [-0.15, -0.1) is 0 Å². The van der Waals surface area contributed by atoms with Crippen LogP contribution in [0, 0.1) is 0 Å². The van der Waals surface area contributed by atoms with Crippen LogP contribution in [0.15, 0.2) is 36.8 Å². The number of carbonyl (C=O) groups is 1. The summed E-state index contributed by atoms with van der Waals surface area (Å²) in [6, 6.07) is 5.93. The minimum absolute atomic E-state index is 0.0227. The number of rotatable bonds is 4. The molecule has 7 heteroatoms. The first kappa shape index (κ1) is 15.4. The molecule has 1 fully saturated rings. The summed E-state index contributed by atoms with van der Waals surface area (Å²) in [5, 5.41) is 3.15. The molecule has 3 rings (SSSR count). The SMILES string of the molecule is NCC(=O)N1CCC(c2cccc(Nc3cnccn3)n2)CC1. The van der Waals surface area contributed by atoms with Gasteiger partial charge >= 0.3 is 0 Å². The van der Waals surface area contributed by atoms with Crippen LogP contribution in [0.4, 0.5) is 11.6 Å². The molecule has 0 saturated carbocycles. The summed E-state index contributed by atoms with van der Waals surface area (Å²) in [6.07, 6.45) is 6.74. The van der Waals surface area contributed by atoms with Gasteiger partial charge in [-0.25, -0.2) is 9.97 Å². The molecule has 0 aromatic carbocycles. The van der Waals surface area contributed by atoms with E-state index < -0.39 is 0 Å². The first-order chi connectivity index (χ1) is 11.3. The second-order valence-electron chi connectivity index (χ2n) is 5.52. The van der Waals surface area contributed by atoms with Crippen molar-refractivity contribution in [3.63, 3.8) is 0 Å². The van der Waals surface area contributed by atoms with Gasteiger partial charge in [-0.2, -0.15) is 0 Å². The quantitative estimate of drug-likeness (QED) is 0.882. The van der Waals surface area contributed by atoms with E-state index in [4.69, 9.17) is 5.73 Å². The molecule has 120 valence electrons. The average molecular weight is 312 g/mol. The van der Waals surface area contributed by atoms with Crippen LogP contribution in [0.2, 0.25) is 0 Å². The molecule has 0 unspecified atom stereocenters. The molecule has 3 heterocycles. The van der Waals surface area contributed by atoms with E-state index in [1.807, 2.05) is 23.1 Å². The maximum absolute atomic E-state index is 11.6. The Morgan fingerprint density at radius 2 is 2.09 bits per heavy atom. The summed E-state index contributed by atoms with van der Waals surface area (Å²) in [5.41, 5.74) is 6.46. The van der Waals surface area contributed by atoms with E-state index in [1.165, 1.54) is 0 Å². The minimum atomic E-state index is 0.0227. The Morgan fingerprint density at radius 1 is 1.26 bits per heavy atom. The van der Waals surface area contributed by atoms with Crippen molar-refractivity contribution in [2.45, 2.75) is 18.8 Å². The number of hydrogen-bond acceptors (Lipinski definition) is 6. The van der Waals surface area contributed by atoms with E-state index in [-0.39, 0.29) is 12.5 Å². The maximum atomic E-state index is 11.6. The number of hydrogen-bond donors (Lipinski definition) is 2. The third kappa shape index (κ3) is 3.81. The highest BCUT2D eigenvalue weighted by Crippen LogP contribution is 2.27. The van der Waals surface area contributed by atoms with Crippen molar-refractivity contribution < 1.29 is 4.79 Å². The molecular formula is C16H20N6O. The number of nitrogens with one attached hydrogen (secondary N) is 1. The van der Waals surface area contributed by atoms with Gasteiger partial charge in [-0.3, -0.25) is 9.78 Å². The van der Waals surface area contributed by atoms with Crippen molar-refractivity contribution in [3.05, 3.63) is 42.5 Å². The van der Waals surface area contributed by atoms with Crippen LogP contribution >= 0.6 is 0 Å². The van der Waals surface area contributed by atoms with Crippen LogP contribution in [0.5, 0.6) is 0 Å². The molecule has 0 spiro atoms. The van der Waals surface area contributed by atoms with Crippen LogP contribution in [-0.2, 0) is 4.79 Å². The number of aromatic nitrogens is 3. The van der Waals surface area contributed by atoms with E-state index >= 15 is 0 Å². The van der Waals surface area contributed by atoms with Gasteiger partial charge in [-0.05, 0) is 25.0 Å². The highest BCUT2D eigenvalue weighted by molar-refractivity contribution is 5.78.